The van der Waals surface area contributed by atoms with Crippen LogP contribution in [0.3, 0.4) is 0 Å². The topological polar surface area (TPSA) is 67.2 Å². The fourth-order valence-corrected chi connectivity index (χ4v) is 1.90. The number of aliphatic hydroxyl groups is 1. The van der Waals surface area contributed by atoms with E-state index in [1.807, 2.05) is 34.7 Å². The van der Waals surface area contributed by atoms with Gasteiger partial charge in [-0.15, -0.1) is 0 Å². The highest BCUT2D eigenvalue weighted by molar-refractivity contribution is 5.96. The highest BCUT2D eigenvalue weighted by atomic mass is 16.3. The number of aliphatic hydroxyl groups excluding tert-OH is 1. The Hall–Kier alpha value is -1.36. The minimum atomic E-state index is -0.103. The monoisotopic (exact) mass is 253 g/mol. The molecule has 0 bridgehead atoms. The molecule has 5 nitrogen and oxygen atoms in total. The largest absolute Gasteiger partial charge is 0.396 e. The van der Waals surface area contributed by atoms with E-state index in [4.69, 9.17) is 5.11 Å². The van der Waals surface area contributed by atoms with Crippen LogP contribution in [0.2, 0.25) is 0 Å². The lowest BCUT2D eigenvalue weighted by atomic mass is 9.89. The Morgan fingerprint density at radius 3 is 2.50 bits per heavy atom. The van der Waals surface area contributed by atoms with Crippen molar-refractivity contribution in [2.45, 2.75) is 34.1 Å². The van der Waals surface area contributed by atoms with Crippen LogP contribution in [0.25, 0.3) is 0 Å². The van der Waals surface area contributed by atoms with Crippen LogP contribution < -0.4 is 5.32 Å². The van der Waals surface area contributed by atoms with Gasteiger partial charge in [0.15, 0.2) is 0 Å². The molecule has 0 radical (unpaired) electrons. The molecule has 18 heavy (non-hydrogen) atoms. The number of rotatable bonds is 5. The molecule has 1 rings (SSSR count). The molecule has 0 aliphatic heterocycles. The van der Waals surface area contributed by atoms with E-state index < -0.39 is 0 Å². The summed E-state index contributed by atoms with van der Waals surface area (Å²) >= 11 is 0. The van der Waals surface area contributed by atoms with Crippen LogP contribution in [-0.4, -0.2) is 33.9 Å². The third-order valence-electron chi connectivity index (χ3n) is 3.25. The summed E-state index contributed by atoms with van der Waals surface area (Å²) in [4.78, 5) is 12.1. The summed E-state index contributed by atoms with van der Waals surface area (Å²) in [6.45, 7) is 8.43. The van der Waals surface area contributed by atoms with Crippen molar-refractivity contribution in [3.8, 4) is 0 Å². The Bertz CT molecular complexity index is 436. The molecule has 0 unspecified atom stereocenters. The summed E-state index contributed by atoms with van der Waals surface area (Å²) in [6.07, 6.45) is 0.665. The maximum absolute atomic E-state index is 12.1. The van der Waals surface area contributed by atoms with Crippen molar-refractivity contribution in [3.05, 3.63) is 17.0 Å². The van der Waals surface area contributed by atoms with E-state index in [2.05, 4.69) is 10.4 Å². The van der Waals surface area contributed by atoms with Gasteiger partial charge in [-0.05, 0) is 25.7 Å². The molecule has 0 spiro atoms. The fourth-order valence-electron chi connectivity index (χ4n) is 1.90. The third-order valence-corrected chi connectivity index (χ3v) is 3.25. The van der Waals surface area contributed by atoms with Crippen LogP contribution in [0.1, 0.15) is 42.0 Å². The van der Waals surface area contributed by atoms with Crippen molar-refractivity contribution in [2.24, 2.45) is 12.5 Å². The highest BCUT2D eigenvalue weighted by Gasteiger charge is 2.21. The number of nitrogens with zero attached hydrogens (tertiary/aromatic N) is 2. The van der Waals surface area contributed by atoms with E-state index in [0.717, 1.165) is 11.4 Å². The Morgan fingerprint density at radius 1 is 1.44 bits per heavy atom. The van der Waals surface area contributed by atoms with Crippen molar-refractivity contribution < 1.29 is 9.90 Å². The van der Waals surface area contributed by atoms with E-state index in [0.29, 0.717) is 18.5 Å². The molecule has 0 saturated heterocycles. The number of aromatic nitrogens is 2. The van der Waals surface area contributed by atoms with E-state index >= 15 is 0 Å². The first-order chi connectivity index (χ1) is 8.28. The van der Waals surface area contributed by atoms with Crippen molar-refractivity contribution in [3.63, 3.8) is 0 Å². The number of amides is 1. The van der Waals surface area contributed by atoms with Crippen molar-refractivity contribution in [2.75, 3.05) is 13.2 Å². The molecule has 0 saturated carbocycles. The summed E-state index contributed by atoms with van der Waals surface area (Å²) in [5.74, 6) is -0.0934. The normalized spacial score (nSPS) is 11.7. The number of aryl methyl sites for hydroxylation is 2. The lowest BCUT2D eigenvalue weighted by Gasteiger charge is -2.23. The number of carbonyl (C=O) groups is 1. The zero-order valence-corrected chi connectivity index (χ0v) is 11.9. The van der Waals surface area contributed by atoms with Crippen LogP contribution >= 0.6 is 0 Å². The van der Waals surface area contributed by atoms with Gasteiger partial charge in [-0.2, -0.15) is 5.10 Å². The van der Waals surface area contributed by atoms with Crippen molar-refractivity contribution >= 4 is 5.91 Å². The fraction of sp³-hybridized carbons (Fsp3) is 0.692. The van der Waals surface area contributed by atoms with E-state index in [1.165, 1.54) is 0 Å². The number of hydrogen-bond donors (Lipinski definition) is 2. The average molecular weight is 253 g/mol. The number of nitrogens with one attached hydrogen (secondary N) is 1. The first kappa shape index (κ1) is 14.7. The summed E-state index contributed by atoms with van der Waals surface area (Å²) < 4.78 is 1.71. The van der Waals surface area contributed by atoms with Crippen LogP contribution in [-0.2, 0) is 7.05 Å². The number of carbonyl (C=O) groups excluding carboxylic acids is 1. The molecule has 0 atom stereocenters. The Balaban J connectivity index is 2.72. The van der Waals surface area contributed by atoms with E-state index in [9.17, 15) is 4.79 Å². The van der Waals surface area contributed by atoms with Gasteiger partial charge in [-0.1, -0.05) is 13.8 Å². The van der Waals surface area contributed by atoms with Gasteiger partial charge >= 0.3 is 0 Å². The summed E-state index contributed by atoms with van der Waals surface area (Å²) in [5, 5.41) is 16.1. The van der Waals surface area contributed by atoms with Gasteiger partial charge in [0.2, 0.25) is 0 Å². The van der Waals surface area contributed by atoms with Crippen LogP contribution in [0.5, 0.6) is 0 Å². The number of hydrogen-bond acceptors (Lipinski definition) is 3. The molecule has 0 fully saturated rings. The minimum absolute atomic E-state index is 0.0934. The summed E-state index contributed by atoms with van der Waals surface area (Å²) in [7, 11) is 1.83. The minimum Gasteiger partial charge on any atom is -0.396 e. The van der Waals surface area contributed by atoms with Gasteiger partial charge in [-0.3, -0.25) is 9.48 Å². The lowest BCUT2D eigenvalue weighted by Crippen LogP contribution is -2.35. The van der Waals surface area contributed by atoms with E-state index in [1.54, 1.807) is 4.68 Å². The van der Waals surface area contributed by atoms with Gasteiger partial charge in [0.25, 0.3) is 5.91 Å². The predicted molar refractivity (Wildman–Crippen MR) is 70.5 cm³/mol. The van der Waals surface area contributed by atoms with Crippen molar-refractivity contribution in [1.82, 2.24) is 15.1 Å². The molecule has 102 valence electrons. The molecule has 2 N–H and O–H groups in total. The molecular formula is C13H23N3O2. The molecule has 1 aromatic heterocycles. The van der Waals surface area contributed by atoms with Crippen LogP contribution in [0, 0.1) is 19.3 Å². The molecule has 5 heteroatoms. The van der Waals surface area contributed by atoms with E-state index in [-0.39, 0.29) is 17.9 Å². The van der Waals surface area contributed by atoms with Gasteiger partial charge in [0.1, 0.15) is 0 Å². The quantitative estimate of drug-likeness (QED) is 0.828. The first-order valence-electron chi connectivity index (χ1n) is 6.18. The molecular weight excluding hydrogens is 230 g/mol. The van der Waals surface area contributed by atoms with Crippen LogP contribution in [0.15, 0.2) is 0 Å². The zero-order valence-electron chi connectivity index (χ0n) is 11.9. The molecule has 0 aliphatic rings. The van der Waals surface area contributed by atoms with Gasteiger partial charge in [0.05, 0.1) is 11.3 Å². The molecule has 1 amide bonds. The second-order valence-electron chi connectivity index (χ2n) is 5.49. The molecule has 1 heterocycles. The summed E-state index contributed by atoms with van der Waals surface area (Å²) in [6, 6.07) is 0. The predicted octanol–water partition coefficient (Wildman–Crippen LogP) is 1.18. The Kier molecular flexibility index (Phi) is 4.51. The Labute approximate surface area is 108 Å². The highest BCUT2D eigenvalue weighted by Crippen LogP contribution is 2.19. The third kappa shape index (κ3) is 3.32. The van der Waals surface area contributed by atoms with Crippen molar-refractivity contribution in [1.29, 1.82) is 0 Å². The summed E-state index contributed by atoms with van der Waals surface area (Å²) in [5.41, 5.74) is 2.16. The van der Waals surface area contributed by atoms with Gasteiger partial charge in [-0.25, -0.2) is 0 Å². The second kappa shape index (κ2) is 5.52. The zero-order chi connectivity index (χ0) is 13.9. The standard InChI is InChI=1S/C13H23N3O2/c1-9-11(10(2)16(5)15-9)12(18)14-8-13(3,4)6-7-17/h17H,6-8H2,1-5H3,(H,14,18). The molecule has 1 aromatic rings. The molecule has 0 aliphatic carbocycles. The van der Waals surface area contributed by atoms with Crippen LogP contribution in [0.4, 0.5) is 0 Å². The SMILES string of the molecule is Cc1nn(C)c(C)c1C(=O)NCC(C)(C)CCO. The second-order valence-corrected chi connectivity index (χ2v) is 5.49. The van der Waals surface area contributed by atoms with Gasteiger partial charge in [0, 0.05) is 25.9 Å². The lowest BCUT2D eigenvalue weighted by molar-refractivity contribution is 0.0927. The maximum Gasteiger partial charge on any atom is 0.255 e. The molecule has 0 aromatic carbocycles. The average Bonchev–Trinajstić information content (AvgIpc) is 2.50. The maximum atomic E-state index is 12.1. The first-order valence-corrected chi connectivity index (χ1v) is 6.18. The smallest absolute Gasteiger partial charge is 0.255 e. The Morgan fingerprint density at radius 2 is 2.06 bits per heavy atom. The van der Waals surface area contributed by atoms with Gasteiger partial charge < -0.3 is 10.4 Å².